The molecule has 1 unspecified atom stereocenters. The predicted molar refractivity (Wildman–Crippen MR) is 63.6 cm³/mol. The van der Waals surface area contributed by atoms with E-state index in [2.05, 4.69) is 31.7 Å². The molecule has 0 amide bonds. The number of benzene rings is 1. The van der Waals surface area contributed by atoms with E-state index in [0.29, 0.717) is 5.92 Å². The zero-order valence-electron chi connectivity index (χ0n) is 9.49. The van der Waals surface area contributed by atoms with Gasteiger partial charge in [0.15, 0.2) is 0 Å². The first-order chi connectivity index (χ1) is 7.27. The van der Waals surface area contributed by atoms with Crippen molar-refractivity contribution in [3.8, 4) is 5.75 Å². The summed E-state index contributed by atoms with van der Waals surface area (Å²) >= 11 is 0. The summed E-state index contributed by atoms with van der Waals surface area (Å²) in [6.07, 6.45) is 4.61. The molecule has 80 valence electrons. The summed E-state index contributed by atoms with van der Waals surface area (Å²) in [7, 11) is 1.75. The molecular formula is C14H18O. The van der Waals surface area contributed by atoms with Crippen molar-refractivity contribution in [2.24, 2.45) is 0 Å². The Morgan fingerprint density at radius 1 is 1.47 bits per heavy atom. The monoisotopic (exact) mass is 202 g/mol. The van der Waals surface area contributed by atoms with Crippen molar-refractivity contribution in [2.75, 3.05) is 7.11 Å². The van der Waals surface area contributed by atoms with Gasteiger partial charge in [-0.15, -0.1) is 6.58 Å². The van der Waals surface area contributed by atoms with Crippen molar-refractivity contribution in [1.29, 1.82) is 0 Å². The van der Waals surface area contributed by atoms with Crippen molar-refractivity contribution in [1.82, 2.24) is 0 Å². The van der Waals surface area contributed by atoms with Crippen LogP contribution in [0.15, 0.2) is 30.9 Å². The average Bonchev–Trinajstić information content (AvgIpc) is 3.10. The highest BCUT2D eigenvalue weighted by molar-refractivity contribution is 5.47. The van der Waals surface area contributed by atoms with Crippen molar-refractivity contribution < 1.29 is 4.74 Å². The molecule has 1 aliphatic rings. The van der Waals surface area contributed by atoms with Gasteiger partial charge in [0.1, 0.15) is 5.75 Å². The first-order valence-electron chi connectivity index (χ1n) is 5.57. The number of hydrogen-bond donors (Lipinski definition) is 0. The molecule has 1 saturated carbocycles. The molecule has 2 rings (SSSR count). The quantitative estimate of drug-likeness (QED) is 0.674. The molecule has 0 N–H and O–H groups in total. The largest absolute Gasteiger partial charge is 0.496 e. The van der Waals surface area contributed by atoms with E-state index >= 15 is 0 Å². The smallest absolute Gasteiger partial charge is 0.122 e. The summed E-state index contributed by atoms with van der Waals surface area (Å²) in [4.78, 5) is 0. The second-order valence-corrected chi connectivity index (χ2v) is 4.26. The normalized spacial score (nSPS) is 17.2. The van der Waals surface area contributed by atoms with Crippen LogP contribution in [0.3, 0.4) is 0 Å². The van der Waals surface area contributed by atoms with Crippen molar-refractivity contribution in [2.45, 2.75) is 31.6 Å². The average molecular weight is 202 g/mol. The third kappa shape index (κ3) is 1.92. The van der Waals surface area contributed by atoms with Crippen LogP contribution in [0, 0.1) is 0 Å². The first kappa shape index (κ1) is 10.3. The molecular weight excluding hydrogens is 184 g/mol. The van der Waals surface area contributed by atoms with Gasteiger partial charge in [0, 0.05) is 5.56 Å². The van der Waals surface area contributed by atoms with Crippen LogP contribution in [0.2, 0.25) is 0 Å². The van der Waals surface area contributed by atoms with E-state index in [1.807, 2.05) is 6.08 Å². The van der Waals surface area contributed by atoms with E-state index in [1.165, 1.54) is 24.0 Å². The lowest BCUT2D eigenvalue weighted by atomic mass is 9.92. The summed E-state index contributed by atoms with van der Waals surface area (Å²) in [5, 5.41) is 0. The molecule has 0 aliphatic heterocycles. The van der Waals surface area contributed by atoms with E-state index in [4.69, 9.17) is 4.74 Å². The summed E-state index contributed by atoms with van der Waals surface area (Å²) in [5.74, 6) is 2.18. The Labute approximate surface area is 91.8 Å². The van der Waals surface area contributed by atoms with Gasteiger partial charge in [-0.1, -0.05) is 25.1 Å². The van der Waals surface area contributed by atoms with Crippen LogP contribution < -0.4 is 4.74 Å². The van der Waals surface area contributed by atoms with Gasteiger partial charge >= 0.3 is 0 Å². The lowest BCUT2D eigenvalue weighted by Crippen LogP contribution is -1.99. The highest BCUT2D eigenvalue weighted by Gasteiger charge is 2.29. The molecule has 0 aromatic heterocycles. The number of methoxy groups -OCH3 is 1. The Morgan fingerprint density at radius 3 is 2.73 bits per heavy atom. The molecule has 0 bridgehead atoms. The van der Waals surface area contributed by atoms with Gasteiger partial charge in [-0.25, -0.2) is 0 Å². The zero-order chi connectivity index (χ0) is 10.8. The fourth-order valence-electron chi connectivity index (χ4n) is 2.07. The fraction of sp³-hybridized carbons (Fsp3) is 0.429. The Balaban J connectivity index is 2.47. The van der Waals surface area contributed by atoms with Crippen LogP contribution in [-0.2, 0) is 0 Å². The molecule has 1 heteroatoms. The number of ether oxygens (including phenoxy) is 1. The van der Waals surface area contributed by atoms with E-state index in [0.717, 1.165) is 11.7 Å². The maximum Gasteiger partial charge on any atom is 0.122 e. The molecule has 0 heterocycles. The lowest BCUT2D eigenvalue weighted by Gasteiger charge is -2.16. The summed E-state index contributed by atoms with van der Waals surface area (Å²) in [6, 6.07) is 6.33. The number of rotatable bonds is 4. The highest BCUT2D eigenvalue weighted by Crippen LogP contribution is 2.47. The third-order valence-corrected chi connectivity index (χ3v) is 3.15. The van der Waals surface area contributed by atoms with Crippen LogP contribution in [0.5, 0.6) is 5.75 Å². The number of hydrogen-bond acceptors (Lipinski definition) is 1. The van der Waals surface area contributed by atoms with E-state index in [-0.39, 0.29) is 0 Å². The molecule has 0 saturated heterocycles. The second kappa shape index (κ2) is 4.09. The summed E-state index contributed by atoms with van der Waals surface area (Å²) in [6.45, 7) is 6.06. The van der Waals surface area contributed by atoms with E-state index in [1.54, 1.807) is 7.11 Å². The topological polar surface area (TPSA) is 9.23 Å². The van der Waals surface area contributed by atoms with Gasteiger partial charge in [-0.2, -0.15) is 0 Å². The molecule has 1 aromatic rings. The maximum atomic E-state index is 5.45. The first-order valence-corrected chi connectivity index (χ1v) is 5.57. The second-order valence-electron chi connectivity index (χ2n) is 4.26. The van der Waals surface area contributed by atoms with Crippen LogP contribution in [0.25, 0.3) is 0 Å². The van der Waals surface area contributed by atoms with Crippen LogP contribution in [0.4, 0.5) is 0 Å². The summed E-state index contributed by atoms with van der Waals surface area (Å²) in [5.41, 5.74) is 2.79. The SMILES string of the molecule is C=CC(C)c1cccc(OC)c1C1CC1. The van der Waals surface area contributed by atoms with E-state index < -0.39 is 0 Å². The van der Waals surface area contributed by atoms with E-state index in [9.17, 15) is 0 Å². The van der Waals surface area contributed by atoms with Gasteiger partial charge in [0.05, 0.1) is 7.11 Å². The minimum absolute atomic E-state index is 0.413. The molecule has 1 nitrogen and oxygen atoms in total. The standard InChI is InChI=1S/C14H18O/c1-4-10(2)12-6-5-7-13(15-3)14(12)11-8-9-11/h4-7,10-11H,1,8-9H2,2-3H3. The van der Waals surface area contributed by atoms with Crippen molar-refractivity contribution >= 4 is 0 Å². The van der Waals surface area contributed by atoms with Gasteiger partial charge in [0.25, 0.3) is 0 Å². The Bertz CT molecular complexity index is 364. The molecule has 15 heavy (non-hydrogen) atoms. The Morgan fingerprint density at radius 2 is 2.20 bits per heavy atom. The molecule has 1 fully saturated rings. The van der Waals surface area contributed by atoms with Gasteiger partial charge in [-0.05, 0) is 36.3 Å². The van der Waals surface area contributed by atoms with Crippen LogP contribution >= 0.6 is 0 Å². The van der Waals surface area contributed by atoms with Gasteiger partial charge in [-0.3, -0.25) is 0 Å². The maximum absolute atomic E-state index is 5.45. The lowest BCUT2D eigenvalue weighted by molar-refractivity contribution is 0.409. The molecule has 1 aromatic carbocycles. The number of allylic oxidation sites excluding steroid dienone is 1. The molecule has 1 aliphatic carbocycles. The zero-order valence-corrected chi connectivity index (χ0v) is 9.49. The Hall–Kier alpha value is -1.24. The minimum Gasteiger partial charge on any atom is -0.496 e. The van der Waals surface area contributed by atoms with Crippen molar-refractivity contribution in [3.63, 3.8) is 0 Å². The third-order valence-electron chi connectivity index (χ3n) is 3.15. The van der Waals surface area contributed by atoms with Gasteiger partial charge < -0.3 is 4.74 Å². The predicted octanol–water partition coefficient (Wildman–Crippen LogP) is 3.86. The van der Waals surface area contributed by atoms with Crippen LogP contribution in [0.1, 0.15) is 42.7 Å². The highest BCUT2D eigenvalue weighted by atomic mass is 16.5. The molecule has 1 atom stereocenters. The minimum atomic E-state index is 0.413. The molecule has 0 spiro atoms. The van der Waals surface area contributed by atoms with Crippen molar-refractivity contribution in [3.05, 3.63) is 42.0 Å². The summed E-state index contributed by atoms with van der Waals surface area (Å²) < 4.78 is 5.45. The Kier molecular flexibility index (Phi) is 2.81. The fourth-order valence-corrected chi connectivity index (χ4v) is 2.07. The van der Waals surface area contributed by atoms with Gasteiger partial charge in [0.2, 0.25) is 0 Å². The van der Waals surface area contributed by atoms with Crippen LogP contribution in [-0.4, -0.2) is 7.11 Å². The molecule has 0 radical (unpaired) electrons.